The van der Waals surface area contributed by atoms with E-state index in [4.69, 9.17) is 0 Å². The standard InChI is InChI=1S/C15H21N3/c1-3-9-18(10-4-2)15-8-5-13(12-17-15)11-16-14-6-7-14/h3-5,8,12,14,16H,1-2,6-7,9-11H2. The summed E-state index contributed by atoms with van der Waals surface area (Å²) in [7, 11) is 0. The quantitative estimate of drug-likeness (QED) is 0.711. The predicted octanol–water partition coefficient (Wildman–Crippen LogP) is 2.51. The van der Waals surface area contributed by atoms with Crippen molar-refractivity contribution in [2.75, 3.05) is 18.0 Å². The molecule has 18 heavy (non-hydrogen) atoms. The Balaban J connectivity index is 1.94. The largest absolute Gasteiger partial charge is 0.349 e. The van der Waals surface area contributed by atoms with Crippen LogP contribution in [0.5, 0.6) is 0 Å². The molecular weight excluding hydrogens is 222 g/mol. The van der Waals surface area contributed by atoms with Crippen molar-refractivity contribution in [1.29, 1.82) is 0 Å². The Kier molecular flexibility index (Phi) is 4.53. The van der Waals surface area contributed by atoms with Crippen molar-refractivity contribution in [3.8, 4) is 0 Å². The minimum absolute atomic E-state index is 0.739. The van der Waals surface area contributed by atoms with E-state index in [1.165, 1.54) is 18.4 Å². The molecule has 0 saturated heterocycles. The zero-order chi connectivity index (χ0) is 12.8. The van der Waals surface area contributed by atoms with Crippen LogP contribution in [0.4, 0.5) is 5.82 Å². The van der Waals surface area contributed by atoms with E-state index in [1.54, 1.807) is 0 Å². The van der Waals surface area contributed by atoms with Crippen LogP contribution in [0.1, 0.15) is 18.4 Å². The molecule has 0 atom stereocenters. The van der Waals surface area contributed by atoms with Crippen molar-refractivity contribution in [2.24, 2.45) is 0 Å². The van der Waals surface area contributed by atoms with Crippen molar-refractivity contribution >= 4 is 5.82 Å². The van der Waals surface area contributed by atoms with E-state index in [0.717, 1.165) is 31.5 Å². The molecule has 0 spiro atoms. The fraction of sp³-hybridized carbons (Fsp3) is 0.400. The third-order valence-corrected chi connectivity index (χ3v) is 3.00. The first kappa shape index (κ1) is 12.8. The van der Waals surface area contributed by atoms with Crippen LogP contribution in [0.15, 0.2) is 43.6 Å². The Bertz CT molecular complexity index is 383. The molecule has 0 bridgehead atoms. The van der Waals surface area contributed by atoms with Gasteiger partial charge in [0, 0.05) is 31.9 Å². The molecule has 1 heterocycles. The summed E-state index contributed by atoms with van der Waals surface area (Å²) in [6.45, 7) is 10.0. The minimum Gasteiger partial charge on any atom is -0.349 e. The maximum absolute atomic E-state index is 4.50. The molecule has 3 heteroatoms. The van der Waals surface area contributed by atoms with Gasteiger partial charge in [0.25, 0.3) is 0 Å². The van der Waals surface area contributed by atoms with Gasteiger partial charge in [0.15, 0.2) is 0 Å². The summed E-state index contributed by atoms with van der Waals surface area (Å²) in [6, 6.07) is 4.94. The zero-order valence-corrected chi connectivity index (χ0v) is 10.8. The van der Waals surface area contributed by atoms with Gasteiger partial charge in [0.2, 0.25) is 0 Å². The lowest BCUT2D eigenvalue weighted by molar-refractivity contribution is 0.685. The number of hydrogen-bond donors (Lipinski definition) is 1. The summed E-state index contributed by atoms with van der Waals surface area (Å²) in [6.07, 6.45) is 8.35. The van der Waals surface area contributed by atoms with Gasteiger partial charge in [0.1, 0.15) is 5.82 Å². The Labute approximate surface area is 109 Å². The molecule has 1 aliphatic rings. The molecule has 0 aromatic carbocycles. The highest BCUT2D eigenvalue weighted by molar-refractivity contribution is 5.40. The second kappa shape index (κ2) is 6.36. The average Bonchev–Trinajstić information content (AvgIpc) is 3.21. The van der Waals surface area contributed by atoms with Gasteiger partial charge in [-0.15, -0.1) is 13.2 Å². The van der Waals surface area contributed by atoms with E-state index in [9.17, 15) is 0 Å². The molecule has 1 aromatic heterocycles. The third kappa shape index (κ3) is 3.70. The zero-order valence-electron chi connectivity index (χ0n) is 10.8. The number of rotatable bonds is 8. The maximum Gasteiger partial charge on any atom is 0.129 e. The maximum atomic E-state index is 4.50. The van der Waals surface area contributed by atoms with Gasteiger partial charge in [0.05, 0.1) is 0 Å². The van der Waals surface area contributed by atoms with E-state index in [2.05, 4.69) is 40.5 Å². The number of hydrogen-bond acceptors (Lipinski definition) is 3. The first-order valence-electron chi connectivity index (χ1n) is 6.48. The van der Waals surface area contributed by atoms with Crippen molar-refractivity contribution in [3.63, 3.8) is 0 Å². The predicted molar refractivity (Wildman–Crippen MR) is 76.7 cm³/mol. The van der Waals surface area contributed by atoms with Gasteiger partial charge >= 0.3 is 0 Å². The van der Waals surface area contributed by atoms with Gasteiger partial charge in [-0.1, -0.05) is 18.2 Å². The molecule has 0 unspecified atom stereocenters. The summed E-state index contributed by atoms with van der Waals surface area (Å²) in [5, 5.41) is 3.49. The van der Waals surface area contributed by atoms with Gasteiger partial charge in [-0.2, -0.15) is 0 Å². The van der Waals surface area contributed by atoms with Gasteiger partial charge in [-0.3, -0.25) is 0 Å². The first-order valence-corrected chi connectivity index (χ1v) is 6.48. The van der Waals surface area contributed by atoms with E-state index in [1.807, 2.05) is 18.3 Å². The highest BCUT2D eigenvalue weighted by Crippen LogP contribution is 2.19. The minimum atomic E-state index is 0.739. The number of nitrogens with zero attached hydrogens (tertiary/aromatic N) is 2. The molecule has 1 aromatic rings. The molecular formula is C15H21N3. The molecule has 3 nitrogen and oxygen atoms in total. The topological polar surface area (TPSA) is 28.2 Å². The van der Waals surface area contributed by atoms with Crippen molar-refractivity contribution in [2.45, 2.75) is 25.4 Å². The number of aromatic nitrogens is 1. The SMILES string of the molecule is C=CCN(CC=C)c1ccc(CNC2CC2)cn1. The van der Waals surface area contributed by atoms with Crippen LogP contribution in [-0.2, 0) is 6.54 Å². The average molecular weight is 243 g/mol. The number of pyridine rings is 1. The van der Waals surface area contributed by atoms with Crippen LogP contribution in [0.25, 0.3) is 0 Å². The van der Waals surface area contributed by atoms with Gasteiger partial charge in [-0.25, -0.2) is 4.98 Å². The fourth-order valence-corrected chi connectivity index (χ4v) is 1.83. The Morgan fingerprint density at radius 1 is 1.28 bits per heavy atom. The van der Waals surface area contributed by atoms with Crippen LogP contribution < -0.4 is 10.2 Å². The van der Waals surface area contributed by atoms with E-state index < -0.39 is 0 Å². The highest BCUT2D eigenvalue weighted by Gasteiger charge is 2.19. The van der Waals surface area contributed by atoms with Crippen molar-refractivity contribution < 1.29 is 0 Å². The summed E-state index contributed by atoms with van der Waals surface area (Å²) in [4.78, 5) is 6.64. The van der Waals surface area contributed by atoms with Crippen LogP contribution in [0.3, 0.4) is 0 Å². The Hall–Kier alpha value is -1.61. The molecule has 96 valence electrons. The summed E-state index contributed by atoms with van der Waals surface area (Å²) in [5.74, 6) is 0.977. The lowest BCUT2D eigenvalue weighted by atomic mass is 10.2. The van der Waals surface area contributed by atoms with Crippen LogP contribution >= 0.6 is 0 Å². The summed E-state index contributed by atoms with van der Waals surface area (Å²) < 4.78 is 0. The van der Waals surface area contributed by atoms with Crippen molar-refractivity contribution in [1.82, 2.24) is 10.3 Å². The van der Waals surface area contributed by atoms with Crippen LogP contribution in [0, 0.1) is 0 Å². The fourth-order valence-electron chi connectivity index (χ4n) is 1.83. The van der Waals surface area contributed by atoms with E-state index in [0.29, 0.717) is 0 Å². The van der Waals surface area contributed by atoms with E-state index >= 15 is 0 Å². The molecule has 1 fully saturated rings. The van der Waals surface area contributed by atoms with E-state index in [-0.39, 0.29) is 0 Å². The summed E-state index contributed by atoms with van der Waals surface area (Å²) in [5.41, 5.74) is 1.24. The monoisotopic (exact) mass is 243 g/mol. The second-order valence-corrected chi connectivity index (χ2v) is 4.66. The lowest BCUT2D eigenvalue weighted by Crippen LogP contribution is -2.24. The van der Waals surface area contributed by atoms with Gasteiger partial charge in [-0.05, 0) is 24.5 Å². The molecule has 0 radical (unpaired) electrons. The number of nitrogens with one attached hydrogen (secondary N) is 1. The number of anilines is 1. The lowest BCUT2D eigenvalue weighted by Gasteiger charge is -2.20. The molecule has 1 aliphatic carbocycles. The smallest absolute Gasteiger partial charge is 0.129 e. The highest BCUT2D eigenvalue weighted by atomic mass is 15.2. The normalized spacial score (nSPS) is 14.2. The van der Waals surface area contributed by atoms with Crippen LogP contribution in [-0.4, -0.2) is 24.1 Å². The first-order chi connectivity index (χ1) is 8.83. The molecule has 1 N–H and O–H groups in total. The van der Waals surface area contributed by atoms with Crippen LogP contribution in [0.2, 0.25) is 0 Å². The third-order valence-electron chi connectivity index (χ3n) is 3.00. The van der Waals surface area contributed by atoms with Crippen molar-refractivity contribution in [3.05, 3.63) is 49.2 Å². The molecule has 0 amide bonds. The summed E-state index contributed by atoms with van der Waals surface area (Å²) >= 11 is 0. The molecule has 1 saturated carbocycles. The molecule has 2 rings (SSSR count). The van der Waals surface area contributed by atoms with Gasteiger partial charge < -0.3 is 10.2 Å². The molecule has 0 aliphatic heterocycles. The Morgan fingerprint density at radius 2 is 2.00 bits per heavy atom. The second-order valence-electron chi connectivity index (χ2n) is 4.66. The Morgan fingerprint density at radius 3 is 2.50 bits per heavy atom.